The first-order valence-electron chi connectivity index (χ1n) is 4.98. The van der Waals surface area contributed by atoms with E-state index in [2.05, 4.69) is 9.47 Å². The first-order chi connectivity index (χ1) is 7.58. The molecule has 0 rings (SSSR count). The van der Waals surface area contributed by atoms with E-state index in [1.54, 1.807) is 13.0 Å². The van der Waals surface area contributed by atoms with Crippen molar-refractivity contribution in [1.29, 1.82) is 0 Å². The lowest BCUT2D eigenvalue weighted by molar-refractivity contribution is -0.143. The van der Waals surface area contributed by atoms with Crippen molar-refractivity contribution in [1.82, 2.24) is 0 Å². The third-order valence-corrected chi connectivity index (χ3v) is 2.36. The predicted molar refractivity (Wildman–Crippen MR) is 57.6 cm³/mol. The average molecular weight is 230 g/mol. The zero-order valence-corrected chi connectivity index (χ0v) is 9.86. The zero-order chi connectivity index (χ0) is 12.6. The van der Waals surface area contributed by atoms with Crippen LogP contribution in [-0.2, 0) is 19.1 Å². The van der Waals surface area contributed by atoms with Crippen LogP contribution in [0.5, 0.6) is 0 Å². The molecule has 0 aromatic rings. The second-order valence-electron chi connectivity index (χ2n) is 3.28. The number of aliphatic hydroxyl groups is 1. The molecule has 16 heavy (non-hydrogen) atoms. The van der Waals surface area contributed by atoms with Gasteiger partial charge < -0.3 is 14.6 Å². The SMILES string of the molecule is CC=C(CO)C(CC(=O)OC)CC(=O)OC. The van der Waals surface area contributed by atoms with Gasteiger partial charge in [0.25, 0.3) is 0 Å². The molecule has 1 N–H and O–H groups in total. The minimum atomic E-state index is -0.415. The van der Waals surface area contributed by atoms with Gasteiger partial charge in [0.1, 0.15) is 0 Å². The van der Waals surface area contributed by atoms with E-state index in [9.17, 15) is 9.59 Å². The Hall–Kier alpha value is -1.36. The fourth-order valence-corrected chi connectivity index (χ4v) is 1.36. The molecule has 0 heterocycles. The summed E-state index contributed by atoms with van der Waals surface area (Å²) in [5, 5.41) is 9.10. The van der Waals surface area contributed by atoms with E-state index in [0.717, 1.165) is 0 Å². The number of aliphatic hydroxyl groups excluding tert-OH is 1. The minimum absolute atomic E-state index is 0.0613. The summed E-state index contributed by atoms with van der Waals surface area (Å²) in [4.78, 5) is 22.3. The van der Waals surface area contributed by atoms with Gasteiger partial charge in [-0.15, -0.1) is 0 Å². The van der Waals surface area contributed by atoms with E-state index in [1.807, 2.05) is 0 Å². The van der Waals surface area contributed by atoms with Gasteiger partial charge in [-0.1, -0.05) is 6.08 Å². The number of carbonyl (C=O) groups is 2. The molecule has 0 aliphatic heterocycles. The van der Waals surface area contributed by atoms with Gasteiger partial charge in [0.15, 0.2) is 0 Å². The van der Waals surface area contributed by atoms with Gasteiger partial charge in [0.05, 0.1) is 33.7 Å². The lowest BCUT2D eigenvalue weighted by atomic mass is 9.92. The van der Waals surface area contributed by atoms with Gasteiger partial charge in [-0.2, -0.15) is 0 Å². The van der Waals surface area contributed by atoms with E-state index < -0.39 is 11.9 Å². The number of carbonyl (C=O) groups excluding carboxylic acids is 2. The van der Waals surface area contributed by atoms with E-state index in [0.29, 0.717) is 5.57 Å². The highest BCUT2D eigenvalue weighted by molar-refractivity contribution is 5.73. The maximum Gasteiger partial charge on any atom is 0.306 e. The van der Waals surface area contributed by atoms with E-state index >= 15 is 0 Å². The fraction of sp³-hybridized carbons (Fsp3) is 0.636. The fourth-order valence-electron chi connectivity index (χ4n) is 1.36. The summed E-state index contributed by atoms with van der Waals surface area (Å²) >= 11 is 0. The van der Waals surface area contributed by atoms with Crippen molar-refractivity contribution in [3.63, 3.8) is 0 Å². The summed E-state index contributed by atoms with van der Waals surface area (Å²) in [6.07, 6.45) is 1.81. The van der Waals surface area contributed by atoms with Gasteiger partial charge >= 0.3 is 11.9 Å². The second kappa shape index (κ2) is 7.87. The summed E-state index contributed by atoms with van der Waals surface area (Å²) in [5.74, 6) is -1.20. The number of hydrogen-bond donors (Lipinski definition) is 1. The lowest BCUT2D eigenvalue weighted by Crippen LogP contribution is -2.18. The first-order valence-corrected chi connectivity index (χ1v) is 4.98. The predicted octanol–water partition coefficient (Wildman–Crippen LogP) is 0.667. The molecule has 0 aromatic carbocycles. The van der Waals surface area contributed by atoms with Gasteiger partial charge in [-0.25, -0.2) is 0 Å². The molecule has 0 saturated carbocycles. The van der Waals surface area contributed by atoms with Crippen molar-refractivity contribution >= 4 is 11.9 Å². The molecule has 0 aromatic heterocycles. The highest BCUT2D eigenvalue weighted by atomic mass is 16.5. The summed E-state index contributed by atoms with van der Waals surface area (Å²) in [6, 6.07) is 0. The molecule has 0 aliphatic rings. The highest BCUT2D eigenvalue weighted by Crippen LogP contribution is 2.20. The van der Waals surface area contributed by atoms with Crippen molar-refractivity contribution in [2.75, 3.05) is 20.8 Å². The summed E-state index contributed by atoms with van der Waals surface area (Å²) < 4.78 is 9.07. The molecular formula is C11H18O5. The first kappa shape index (κ1) is 14.6. The molecule has 0 fully saturated rings. The zero-order valence-electron chi connectivity index (χ0n) is 9.86. The molecule has 0 saturated heterocycles. The second-order valence-corrected chi connectivity index (χ2v) is 3.28. The Labute approximate surface area is 95.0 Å². The number of hydrogen-bond acceptors (Lipinski definition) is 5. The molecule has 0 radical (unpaired) electrons. The summed E-state index contributed by atoms with van der Waals surface area (Å²) in [7, 11) is 2.57. The monoisotopic (exact) mass is 230 g/mol. The average Bonchev–Trinajstić information content (AvgIpc) is 2.29. The standard InChI is InChI=1S/C11H18O5/c1-4-8(7-12)9(5-10(13)15-2)6-11(14)16-3/h4,9,12H,5-7H2,1-3H3. The van der Waals surface area contributed by atoms with Crippen LogP contribution < -0.4 is 0 Å². The molecule has 0 bridgehead atoms. The Morgan fingerprint density at radius 3 is 1.88 bits per heavy atom. The van der Waals surface area contributed by atoms with Crippen LogP contribution in [0.4, 0.5) is 0 Å². The Bertz CT molecular complexity index is 252. The molecule has 92 valence electrons. The van der Waals surface area contributed by atoms with Gasteiger partial charge in [-0.05, 0) is 12.5 Å². The third-order valence-electron chi connectivity index (χ3n) is 2.36. The van der Waals surface area contributed by atoms with Crippen LogP contribution in [0.1, 0.15) is 19.8 Å². The lowest BCUT2D eigenvalue weighted by Gasteiger charge is -2.16. The molecule has 0 unspecified atom stereocenters. The maximum atomic E-state index is 11.1. The van der Waals surface area contributed by atoms with Gasteiger partial charge in [0.2, 0.25) is 0 Å². The van der Waals surface area contributed by atoms with Crippen LogP contribution in [0.3, 0.4) is 0 Å². The highest BCUT2D eigenvalue weighted by Gasteiger charge is 2.21. The van der Waals surface area contributed by atoms with Crippen molar-refractivity contribution in [2.24, 2.45) is 5.92 Å². The molecule has 0 aliphatic carbocycles. The van der Waals surface area contributed by atoms with Crippen molar-refractivity contribution in [3.8, 4) is 0 Å². The Morgan fingerprint density at radius 1 is 1.19 bits per heavy atom. The number of methoxy groups -OCH3 is 2. The normalized spacial score (nSPS) is 11.4. The Kier molecular flexibility index (Phi) is 7.20. The number of allylic oxidation sites excluding steroid dienone is 1. The maximum absolute atomic E-state index is 11.1. The topological polar surface area (TPSA) is 72.8 Å². The Morgan fingerprint density at radius 2 is 1.62 bits per heavy atom. The van der Waals surface area contributed by atoms with Crippen molar-refractivity contribution in [2.45, 2.75) is 19.8 Å². The third kappa shape index (κ3) is 4.93. The molecule has 0 spiro atoms. The van der Waals surface area contributed by atoms with Crippen LogP contribution in [0.2, 0.25) is 0 Å². The Balaban J connectivity index is 4.62. The summed E-state index contributed by atoms with van der Waals surface area (Å²) in [6.45, 7) is 1.56. The molecule has 5 heteroatoms. The van der Waals surface area contributed by atoms with Crippen molar-refractivity contribution < 1.29 is 24.2 Å². The van der Waals surface area contributed by atoms with Crippen LogP contribution in [0.25, 0.3) is 0 Å². The van der Waals surface area contributed by atoms with Crippen LogP contribution in [0.15, 0.2) is 11.6 Å². The van der Waals surface area contributed by atoms with Crippen LogP contribution in [-0.4, -0.2) is 37.9 Å². The molecular weight excluding hydrogens is 212 g/mol. The van der Waals surface area contributed by atoms with Crippen LogP contribution in [0, 0.1) is 5.92 Å². The number of rotatable bonds is 6. The van der Waals surface area contributed by atoms with E-state index in [-0.39, 0.29) is 25.4 Å². The smallest absolute Gasteiger partial charge is 0.306 e. The van der Waals surface area contributed by atoms with Crippen molar-refractivity contribution in [3.05, 3.63) is 11.6 Å². The number of esters is 2. The van der Waals surface area contributed by atoms with Gasteiger partial charge in [-0.3, -0.25) is 9.59 Å². The van der Waals surface area contributed by atoms with Crippen LogP contribution >= 0.6 is 0 Å². The molecule has 0 atom stereocenters. The van der Waals surface area contributed by atoms with E-state index in [1.165, 1.54) is 14.2 Å². The number of ether oxygens (including phenoxy) is 2. The molecule has 5 nitrogen and oxygen atoms in total. The van der Waals surface area contributed by atoms with E-state index in [4.69, 9.17) is 5.11 Å². The molecule has 0 amide bonds. The van der Waals surface area contributed by atoms with Gasteiger partial charge in [0, 0.05) is 5.92 Å². The quantitative estimate of drug-likeness (QED) is 0.536. The largest absolute Gasteiger partial charge is 0.469 e. The summed E-state index contributed by atoms with van der Waals surface area (Å²) in [5.41, 5.74) is 0.635. The minimum Gasteiger partial charge on any atom is -0.469 e.